The van der Waals surface area contributed by atoms with Gasteiger partial charge in [0.25, 0.3) is 0 Å². The van der Waals surface area contributed by atoms with E-state index in [0.29, 0.717) is 0 Å². The second-order valence-electron chi connectivity index (χ2n) is 3.40. The van der Waals surface area contributed by atoms with Crippen LogP contribution in [0.1, 0.15) is 12.5 Å². The molecule has 4 nitrogen and oxygen atoms in total. The van der Waals surface area contributed by atoms with Gasteiger partial charge in [0.2, 0.25) is 0 Å². The predicted octanol–water partition coefficient (Wildman–Crippen LogP) is 0.105. The zero-order valence-electron chi connectivity index (χ0n) is 7.70. The van der Waals surface area contributed by atoms with E-state index < -0.39 is 17.5 Å². The van der Waals surface area contributed by atoms with Gasteiger partial charge in [0, 0.05) is 0 Å². The third kappa shape index (κ3) is 1.25. The summed E-state index contributed by atoms with van der Waals surface area (Å²) in [5.41, 5.74) is 0.0919. The standard InChI is InChI=1S/C10H10N2O2/c1-10(7-5-3-2-4-6-7)11-8(13)9(14)12-10/h2-6H,1H3,(H,11,13)(H,12,14). The Hall–Kier alpha value is -1.84. The number of rotatable bonds is 1. The Morgan fingerprint density at radius 2 is 1.50 bits per heavy atom. The molecule has 0 spiro atoms. The molecule has 72 valence electrons. The Morgan fingerprint density at radius 3 is 2.00 bits per heavy atom. The van der Waals surface area contributed by atoms with Gasteiger partial charge >= 0.3 is 11.8 Å². The average Bonchev–Trinajstić information content (AvgIpc) is 2.44. The molecule has 1 heterocycles. The predicted molar refractivity (Wildman–Crippen MR) is 50.1 cm³/mol. The molecule has 14 heavy (non-hydrogen) atoms. The highest BCUT2D eigenvalue weighted by molar-refractivity contribution is 6.37. The maximum Gasteiger partial charge on any atom is 0.311 e. The number of nitrogens with one attached hydrogen (secondary N) is 2. The van der Waals surface area contributed by atoms with E-state index in [4.69, 9.17) is 0 Å². The van der Waals surface area contributed by atoms with Crippen molar-refractivity contribution in [3.8, 4) is 0 Å². The zero-order chi connectivity index (χ0) is 10.2. The van der Waals surface area contributed by atoms with E-state index in [1.54, 1.807) is 6.92 Å². The molecule has 1 fully saturated rings. The van der Waals surface area contributed by atoms with Crippen LogP contribution in [0.3, 0.4) is 0 Å². The van der Waals surface area contributed by atoms with Crippen LogP contribution in [0.15, 0.2) is 30.3 Å². The van der Waals surface area contributed by atoms with Gasteiger partial charge in [-0.1, -0.05) is 30.3 Å². The molecular formula is C10H10N2O2. The van der Waals surface area contributed by atoms with Crippen molar-refractivity contribution in [2.45, 2.75) is 12.6 Å². The normalized spacial score (nSPS) is 18.9. The fourth-order valence-electron chi connectivity index (χ4n) is 1.51. The van der Waals surface area contributed by atoms with Crippen molar-refractivity contribution in [2.75, 3.05) is 0 Å². The van der Waals surface area contributed by atoms with Crippen LogP contribution in [0.2, 0.25) is 0 Å². The first-order valence-corrected chi connectivity index (χ1v) is 4.32. The molecule has 0 aromatic heterocycles. The van der Waals surface area contributed by atoms with Crippen LogP contribution in [0.4, 0.5) is 0 Å². The second-order valence-corrected chi connectivity index (χ2v) is 3.40. The first-order chi connectivity index (χ1) is 6.62. The van der Waals surface area contributed by atoms with E-state index >= 15 is 0 Å². The molecule has 1 saturated heterocycles. The van der Waals surface area contributed by atoms with E-state index in [2.05, 4.69) is 10.6 Å². The van der Waals surface area contributed by atoms with Crippen molar-refractivity contribution >= 4 is 11.8 Å². The van der Waals surface area contributed by atoms with Gasteiger partial charge in [0.05, 0.1) is 0 Å². The Bertz CT molecular complexity index is 370. The lowest BCUT2D eigenvalue weighted by Crippen LogP contribution is -2.43. The Balaban J connectivity index is 2.36. The molecule has 0 bridgehead atoms. The third-order valence-corrected chi connectivity index (χ3v) is 2.28. The highest BCUT2D eigenvalue weighted by atomic mass is 16.2. The Labute approximate surface area is 81.3 Å². The molecule has 1 aromatic carbocycles. The van der Waals surface area contributed by atoms with E-state index in [9.17, 15) is 9.59 Å². The number of carbonyl (C=O) groups is 2. The van der Waals surface area contributed by atoms with Gasteiger partial charge in [0.15, 0.2) is 0 Å². The lowest BCUT2D eigenvalue weighted by molar-refractivity contribution is -0.135. The Kier molecular flexibility index (Phi) is 1.77. The molecular weight excluding hydrogens is 180 g/mol. The van der Waals surface area contributed by atoms with Gasteiger partial charge in [-0.05, 0) is 12.5 Å². The van der Waals surface area contributed by atoms with Crippen LogP contribution >= 0.6 is 0 Å². The topological polar surface area (TPSA) is 58.2 Å². The lowest BCUT2D eigenvalue weighted by Gasteiger charge is -2.23. The highest BCUT2D eigenvalue weighted by Crippen LogP contribution is 2.19. The summed E-state index contributed by atoms with van der Waals surface area (Å²) in [6, 6.07) is 9.30. The van der Waals surface area contributed by atoms with E-state index in [0.717, 1.165) is 5.56 Å². The summed E-state index contributed by atoms with van der Waals surface area (Å²) < 4.78 is 0. The number of carbonyl (C=O) groups excluding carboxylic acids is 2. The minimum absolute atomic E-state index is 0.587. The van der Waals surface area contributed by atoms with Crippen molar-refractivity contribution in [3.63, 3.8) is 0 Å². The first-order valence-electron chi connectivity index (χ1n) is 4.32. The van der Waals surface area contributed by atoms with Crippen molar-refractivity contribution in [3.05, 3.63) is 35.9 Å². The fraction of sp³-hybridized carbons (Fsp3) is 0.200. The zero-order valence-corrected chi connectivity index (χ0v) is 7.70. The van der Waals surface area contributed by atoms with Crippen LogP contribution in [0.25, 0.3) is 0 Å². The van der Waals surface area contributed by atoms with Crippen LogP contribution in [-0.4, -0.2) is 11.8 Å². The van der Waals surface area contributed by atoms with Gasteiger partial charge in [-0.3, -0.25) is 9.59 Å². The summed E-state index contributed by atoms with van der Waals surface area (Å²) in [4.78, 5) is 22.1. The van der Waals surface area contributed by atoms with Gasteiger partial charge in [0.1, 0.15) is 5.66 Å². The van der Waals surface area contributed by atoms with Gasteiger partial charge in [-0.15, -0.1) is 0 Å². The van der Waals surface area contributed by atoms with E-state index in [1.165, 1.54) is 0 Å². The number of hydrogen-bond donors (Lipinski definition) is 2. The van der Waals surface area contributed by atoms with Crippen LogP contribution in [0.5, 0.6) is 0 Å². The SMILES string of the molecule is CC1(c2ccccc2)NC(=O)C(=O)N1. The fourth-order valence-corrected chi connectivity index (χ4v) is 1.51. The molecule has 1 aliphatic rings. The molecule has 1 aromatic rings. The minimum Gasteiger partial charge on any atom is -0.321 e. The summed E-state index contributed by atoms with van der Waals surface area (Å²) in [5.74, 6) is -1.17. The minimum atomic E-state index is -0.768. The van der Waals surface area contributed by atoms with Crippen molar-refractivity contribution in [2.24, 2.45) is 0 Å². The molecule has 2 amide bonds. The van der Waals surface area contributed by atoms with Crippen molar-refractivity contribution in [1.29, 1.82) is 0 Å². The highest BCUT2D eigenvalue weighted by Gasteiger charge is 2.39. The average molecular weight is 190 g/mol. The third-order valence-electron chi connectivity index (χ3n) is 2.28. The quantitative estimate of drug-likeness (QED) is 0.617. The number of benzene rings is 1. The van der Waals surface area contributed by atoms with Gasteiger partial charge in [-0.25, -0.2) is 0 Å². The molecule has 0 aliphatic carbocycles. The smallest absolute Gasteiger partial charge is 0.311 e. The van der Waals surface area contributed by atoms with Crippen LogP contribution < -0.4 is 10.6 Å². The molecule has 0 saturated carbocycles. The largest absolute Gasteiger partial charge is 0.321 e. The molecule has 0 radical (unpaired) electrons. The molecule has 1 aliphatic heterocycles. The molecule has 4 heteroatoms. The molecule has 2 N–H and O–H groups in total. The summed E-state index contributed by atoms with van der Waals surface area (Å²) in [6.07, 6.45) is 0. The summed E-state index contributed by atoms with van der Waals surface area (Å²) in [6.45, 7) is 1.76. The Morgan fingerprint density at radius 1 is 1.00 bits per heavy atom. The van der Waals surface area contributed by atoms with Gasteiger partial charge in [-0.2, -0.15) is 0 Å². The van der Waals surface area contributed by atoms with Gasteiger partial charge < -0.3 is 10.6 Å². The molecule has 0 atom stereocenters. The van der Waals surface area contributed by atoms with Crippen LogP contribution in [0, 0.1) is 0 Å². The molecule has 0 unspecified atom stereocenters. The summed E-state index contributed by atoms with van der Waals surface area (Å²) in [5, 5.41) is 5.19. The monoisotopic (exact) mass is 190 g/mol. The number of amides is 2. The lowest BCUT2D eigenvalue weighted by atomic mass is 10.0. The first kappa shape index (κ1) is 8.74. The summed E-state index contributed by atoms with van der Waals surface area (Å²) >= 11 is 0. The van der Waals surface area contributed by atoms with Crippen molar-refractivity contribution < 1.29 is 9.59 Å². The van der Waals surface area contributed by atoms with Crippen molar-refractivity contribution in [1.82, 2.24) is 10.6 Å². The number of hydrogen-bond acceptors (Lipinski definition) is 2. The molecule has 2 rings (SSSR count). The van der Waals surface area contributed by atoms with E-state index in [-0.39, 0.29) is 0 Å². The maximum absolute atomic E-state index is 11.0. The van der Waals surface area contributed by atoms with E-state index in [1.807, 2.05) is 30.3 Å². The van der Waals surface area contributed by atoms with Crippen LogP contribution in [-0.2, 0) is 15.3 Å². The maximum atomic E-state index is 11.0. The summed E-state index contributed by atoms with van der Waals surface area (Å²) in [7, 11) is 0. The second kappa shape index (κ2) is 2.83.